The first kappa shape index (κ1) is 14.7. The molecule has 5 heteroatoms. The van der Waals surface area contributed by atoms with Gasteiger partial charge in [0.1, 0.15) is 11.5 Å². The van der Waals surface area contributed by atoms with Crippen molar-refractivity contribution in [3.8, 4) is 0 Å². The third-order valence-corrected chi connectivity index (χ3v) is 3.01. The molecule has 5 nitrogen and oxygen atoms in total. The van der Waals surface area contributed by atoms with Crippen LogP contribution in [0.15, 0.2) is 10.6 Å². The number of aryl methyl sites for hydroxylation is 1. The Balaban J connectivity index is 2.33. The molecule has 1 amide bonds. The Morgan fingerprint density at radius 1 is 1.56 bits per heavy atom. The van der Waals surface area contributed by atoms with E-state index in [2.05, 4.69) is 12.1 Å². The first-order valence-corrected chi connectivity index (χ1v) is 6.39. The summed E-state index contributed by atoms with van der Waals surface area (Å²) in [6, 6.07) is 1.85. The van der Waals surface area contributed by atoms with Crippen LogP contribution in [-0.4, -0.2) is 29.6 Å². The normalized spacial score (nSPS) is 12.4. The molecule has 0 radical (unpaired) electrons. The molecular formula is C13H23N3O2. The fraction of sp³-hybridized carbons (Fsp3) is 0.692. The van der Waals surface area contributed by atoms with E-state index in [1.165, 1.54) is 0 Å². The van der Waals surface area contributed by atoms with Crippen molar-refractivity contribution in [1.29, 1.82) is 0 Å². The van der Waals surface area contributed by atoms with Gasteiger partial charge in [-0.3, -0.25) is 4.79 Å². The van der Waals surface area contributed by atoms with Gasteiger partial charge in [-0.25, -0.2) is 0 Å². The Morgan fingerprint density at radius 2 is 2.28 bits per heavy atom. The van der Waals surface area contributed by atoms with E-state index >= 15 is 0 Å². The molecule has 1 atom stereocenters. The predicted octanol–water partition coefficient (Wildman–Crippen LogP) is 1.71. The Hall–Kier alpha value is -1.36. The van der Waals surface area contributed by atoms with Crippen LogP contribution >= 0.6 is 0 Å². The predicted molar refractivity (Wildman–Crippen MR) is 69.8 cm³/mol. The van der Waals surface area contributed by atoms with Crippen LogP contribution < -0.4 is 5.73 Å². The molecule has 0 aliphatic rings. The largest absolute Gasteiger partial charge is 0.361 e. The molecule has 0 saturated heterocycles. The molecule has 2 N–H and O–H groups in total. The number of carbonyl (C=O) groups excluding carboxylic acids is 1. The molecule has 1 aromatic rings. The number of amides is 1. The zero-order chi connectivity index (χ0) is 13.5. The molecule has 0 saturated carbocycles. The third-order valence-electron chi connectivity index (χ3n) is 3.01. The summed E-state index contributed by atoms with van der Waals surface area (Å²) >= 11 is 0. The molecule has 0 aromatic carbocycles. The van der Waals surface area contributed by atoms with Gasteiger partial charge in [0.2, 0.25) is 5.91 Å². The first-order chi connectivity index (χ1) is 8.52. The highest BCUT2D eigenvalue weighted by Crippen LogP contribution is 2.11. The number of rotatable bonds is 7. The quantitative estimate of drug-likeness (QED) is 0.803. The molecule has 0 fully saturated rings. The van der Waals surface area contributed by atoms with Gasteiger partial charge in [0.15, 0.2) is 0 Å². The lowest BCUT2D eigenvalue weighted by molar-refractivity contribution is -0.130. The second kappa shape index (κ2) is 7.16. The van der Waals surface area contributed by atoms with Crippen molar-refractivity contribution in [2.75, 3.05) is 13.6 Å². The van der Waals surface area contributed by atoms with Gasteiger partial charge in [0, 0.05) is 19.5 Å². The lowest BCUT2D eigenvalue weighted by Crippen LogP contribution is -2.26. The van der Waals surface area contributed by atoms with E-state index in [1.54, 1.807) is 11.9 Å². The Kier molecular flexibility index (Phi) is 5.85. The van der Waals surface area contributed by atoms with Crippen LogP contribution in [0.2, 0.25) is 0 Å². The highest BCUT2D eigenvalue weighted by molar-refractivity contribution is 5.75. The minimum Gasteiger partial charge on any atom is -0.361 e. The summed E-state index contributed by atoms with van der Waals surface area (Å²) in [7, 11) is 1.79. The number of aromatic nitrogens is 1. The summed E-state index contributed by atoms with van der Waals surface area (Å²) in [6.07, 6.45) is 2.42. The van der Waals surface area contributed by atoms with Gasteiger partial charge in [-0.1, -0.05) is 12.1 Å². The Morgan fingerprint density at radius 3 is 2.83 bits per heavy atom. The topological polar surface area (TPSA) is 72.4 Å². The average Bonchev–Trinajstić information content (AvgIpc) is 2.72. The van der Waals surface area contributed by atoms with Crippen LogP contribution in [0.25, 0.3) is 0 Å². The van der Waals surface area contributed by atoms with Crippen LogP contribution in [0, 0.1) is 12.8 Å². The number of hydrogen-bond acceptors (Lipinski definition) is 4. The van der Waals surface area contributed by atoms with Crippen molar-refractivity contribution in [3.63, 3.8) is 0 Å². The van der Waals surface area contributed by atoms with Crippen molar-refractivity contribution in [2.24, 2.45) is 11.7 Å². The van der Waals surface area contributed by atoms with Gasteiger partial charge >= 0.3 is 0 Å². The van der Waals surface area contributed by atoms with Crippen LogP contribution in [0.1, 0.15) is 37.6 Å². The molecule has 0 bridgehead atoms. The summed E-state index contributed by atoms with van der Waals surface area (Å²) in [4.78, 5) is 13.6. The zero-order valence-corrected chi connectivity index (χ0v) is 11.5. The lowest BCUT2D eigenvalue weighted by atomic mass is 10.0. The van der Waals surface area contributed by atoms with E-state index in [0.29, 0.717) is 25.4 Å². The van der Waals surface area contributed by atoms with Crippen molar-refractivity contribution in [3.05, 3.63) is 17.5 Å². The molecule has 102 valence electrons. The van der Waals surface area contributed by atoms with Crippen molar-refractivity contribution in [1.82, 2.24) is 10.1 Å². The van der Waals surface area contributed by atoms with Crippen molar-refractivity contribution >= 4 is 5.91 Å². The van der Waals surface area contributed by atoms with Crippen LogP contribution in [-0.2, 0) is 11.3 Å². The van der Waals surface area contributed by atoms with E-state index < -0.39 is 0 Å². The Bertz CT molecular complexity index is 376. The molecule has 0 spiro atoms. The van der Waals surface area contributed by atoms with Gasteiger partial charge in [0.25, 0.3) is 0 Å². The van der Waals surface area contributed by atoms with Crippen LogP contribution in [0.4, 0.5) is 0 Å². The summed E-state index contributed by atoms with van der Waals surface area (Å²) in [5.41, 5.74) is 6.28. The zero-order valence-electron chi connectivity index (χ0n) is 11.5. The SMILES string of the molecule is Cc1cc(CN(C)C(=O)CCC(C)CCN)no1. The highest BCUT2D eigenvalue weighted by Gasteiger charge is 2.12. The van der Waals surface area contributed by atoms with E-state index in [9.17, 15) is 4.79 Å². The molecule has 0 aliphatic carbocycles. The minimum absolute atomic E-state index is 0.138. The Labute approximate surface area is 108 Å². The molecule has 18 heavy (non-hydrogen) atoms. The van der Waals surface area contributed by atoms with Crippen LogP contribution in [0.3, 0.4) is 0 Å². The molecule has 1 rings (SSSR count). The second-order valence-corrected chi connectivity index (χ2v) is 4.90. The fourth-order valence-corrected chi connectivity index (χ4v) is 1.81. The summed E-state index contributed by atoms with van der Waals surface area (Å²) in [5, 5.41) is 3.88. The summed E-state index contributed by atoms with van der Waals surface area (Å²) in [5.74, 6) is 1.41. The fourth-order valence-electron chi connectivity index (χ4n) is 1.81. The minimum atomic E-state index is 0.138. The number of nitrogens with two attached hydrogens (primary N) is 1. The maximum Gasteiger partial charge on any atom is 0.222 e. The maximum atomic E-state index is 11.9. The van der Waals surface area contributed by atoms with Gasteiger partial charge < -0.3 is 15.2 Å². The van der Waals surface area contributed by atoms with Gasteiger partial charge in [-0.15, -0.1) is 0 Å². The van der Waals surface area contributed by atoms with Crippen molar-refractivity contribution in [2.45, 2.75) is 39.7 Å². The summed E-state index contributed by atoms with van der Waals surface area (Å²) in [6.45, 7) is 5.15. The number of hydrogen-bond donors (Lipinski definition) is 1. The monoisotopic (exact) mass is 253 g/mol. The highest BCUT2D eigenvalue weighted by atomic mass is 16.5. The van der Waals surface area contributed by atoms with Crippen molar-refractivity contribution < 1.29 is 9.32 Å². The molecule has 1 aromatic heterocycles. The van der Waals surface area contributed by atoms with E-state index in [1.807, 2.05) is 13.0 Å². The summed E-state index contributed by atoms with van der Waals surface area (Å²) < 4.78 is 4.97. The van der Waals surface area contributed by atoms with E-state index in [-0.39, 0.29) is 5.91 Å². The van der Waals surface area contributed by atoms with E-state index in [0.717, 1.165) is 24.3 Å². The van der Waals surface area contributed by atoms with Gasteiger partial charge in [-0.2, -0.15) is 0 Å². The van der Waals surface area contributed by atoms with E-state index in [4.69, 9.17) is 10.3 Å². The third kappa shape index (κ3) is 4.87. The first-order valence-electron chi connectivity index (χ1n) is 6.39. The average molecular weight is 253 g/mol. The smallest absolute Gasteiger partial charge is 0.222 e. The molecule has 1 heterocycles. The van der Waals surface area contributed by atoms with Crippen LogP contribution in [0.5, 0.6) is 0 Å². The number of nitrogens with zero attached hydrogens (tertiary/aromatic N) is 2. The standard InChI is InChI=1S/C13H23N3O2/c1-10(6-7-14)4-5-13(17)16(3)9-12-8-11(2)18-15-12/h8,10H,4-7,9,14H2,1-3H3. The van der Waals surface area contributed by atoms with Gasteiger partial charge in [-0.05, 0) is 32.2 Å². The molecule has 0 aliphatic heterocycles. The maximum absolute atomic E-state index is 11.9. The lowest BCUT2D eigenvalue weighted by Gasteiger charge is -2.17. The number of carbonyl (C=O) groups is 1. The second-order valence-electron chi connectivity index (χ2n) is 4.90. The van der Waals surface area contributed by atoms with Gasteiger partial charge in [0.05, 0.1) is 6.54 Å². The molecular weight excluding hydrogens is 230 g/mol. The molecule has 1 unspecified atom stereocenters.